The van der Waals surface area contributed by atoms with Gasteiger partial charge in [-0.2, -0.15) is 13.2 Å². The number of carbonyl (C=O) groups excluding carboxylic acids is 1. The van der Waals surface area contributed by atoms with Crippen LogP contribution in [0.15, 0.2) is 24.3 Å². The molecule has 0 unspecified atom stereocenters. The van der Waals surface area contributed by atoms with Crippen molar-refractivity contribution in [2.75, 3.05) is 5.32 Å². The van der Waals surface area contributed by atoms with Gasteiger partial charge in [0.1, 0.15) is 0 Å². The number of amides is 1. The molecule has 2 saturated carbocycles. The average molecular weight is 394 g/mol. The molecule has 1 aromatic heterocycles. The van der Waals surface area contributed by atoms with E-state index in [0.29, 0.717) is 5.52 Å². The highest BCUT2D eigenvalue weighted by atomic mass is 32.1. The summed E-state index contributed by atoms with van der Waals surface area (Å²) >= 11 is 1.10. The number of nitrogens with one attached hydrogen (secondary N) is 1. The van der Waals surface area contributed by atoms with Crippen molar-refractivity contribution in [1.82, 2.24) is 4.98 Å². The highest BCUT2D eigenvalue weighted by Gasteiger charge is 2.84. The van der Waals surface area contributed by atoms with Gasteiger partial charge in [0.15, 0.2) is 5.13 Å². The molecule has 0 radical (unpaired) electrons. The lowest BCUT2D eigenvalue weighted by molar-refractivity contribution is -0.321. The summed E-state index contributed by atoms with van der Waals surface area (Å²) in [7, 11) is 0. The largest absolute Gasteiger partial charge is 0.428 e. The molecule has 0 saturated heterocycles. The lowest BCUT2D eigenvalue weighted by Gasteiger charge is -2.40. The van der Waals surface area contributed by atoms with Crippen molar-refractivity contribution in [1.29, 1.82) is 0 Å². The first-order valence-corrected chi connectivity index (χ1v) is 8.67. The minimum Gasteiger partial charge on any atom is -0.302 e. The number of alkyl halides is 6. The predicted molar refractivity (Wildman–Crippen MR) is 82.8 cm³/mol. The summed E-state index contributed by atoms with van der Waals surface area (Å²) in [5.41, 5.74) is -4.10. The molecular formula is C16H12F6N2OS. The van der Waals surface area contributed by atoms with Crippen LogP contribution in [0.3, 0.4) is 0 Å². The zero-order valence-electron chi connectivity index (χ0n) is 13.0. The molecule has 2 bridgehead atoms. The molecule has 2 aliphatic rings. The fraction of sp³-hybridized carbons (Fsp3) is 0.500. The first-order chi connectivity index (χ1) is 12.1. The van der Waals surface area contributed by atoms with Crippen molar-refractivity contribution in [2.24, 2.45) is 17.8 Å². The molecular weight excluding hydrogens is 382 g/mol. The minimum atomic E-state index is -5.75. The minimum absolute atomic E-state index is 0.141. The van der Waals surface area contributed by atoms with E-state index in [1.807, 2.05) is 0 Å². The second-order valence-electron chi connectivity index (χ2n) is 6.69. The van der Waals surface area contributed by atoms with E-state index in [0.717, 1.165) is 16.0 Å². The molecule has 4 atom stereocenters. The maximum Gasteiger partial charge on any atom is 0.428 e. The molecule has 4 rings (SSSR count). The molecule has 2 aromatic rings. The Balaban J connectivity index is 1.60. The van der Waals surface area contributed by atoms with Gasteiger partial charge in [-0.25, -0.2) is 18.2 Å². The number of carbonyl (C=O) groups is 1. The molecule has 3 nitrogen and oxygen atoms in total. The van der Waals surface area contributed by atoms with Crippen LogP contribution in [0.2, 0.25) is 0 Å². The number of hydrogen-bond donors (Lipinski definition) is 1. The first-order valence-electron chi connectivity index (χ1n) is 7.85. The molecule has 26 heavy (non-hydrogen) atoms. The van der Waals surface area contributed by atoms with Crippen LogP contribution in [-0.2, 0) is 4.79 Å². The normalized spacial score (nSPS) is 32.9. The Hall–Kier alpha value is -1.84. The summed E-state index contributed by atoms with van der Waals surface area (Å²) in [6.07, 6.45) is -6.89. The molecule has 1 amide bonds. The Morgan fingerprint density at radius 2 is 1.88 bits per heavy atom. The second kappa shape index (κ2) is 5.34. The second-order valence-corrected chi connectivity index (χ2v) is 7.72. The maximum atomic E-state index is 14.5. The number of nitrogens with zero attached hydrogens (tertiary/aromatic N) is 1. The third-order valence-corrected chi connectivity index (χ3v) is 6.30. The van der Waals surface area contributed by atoms with Gasteiger partial charge in [0.25, 0.3) is 11.6 Å². The predicted octanol–water partition coefficient (Wildman–Crippen LogP) is 4.80. The summed E-state index contributed by atoms with van der Waals surface area (Å²) in [6.45, 7) is 0. The SMILES string of the molecule is O=C(Nc1nc2ccccc2s1)[C@@H]1C[C@H]2C[C@H]1[C@](F)(C(F)(F)F)C2(F)F. The van der Waals surface area contributed by atoms with Gasteiger partial charge in [-0.1, -0.05) is 23.5 Å². The van der Waals surface area contributed by atoms with Gasteiger partial charge < -0.3 is 5.32 Å². The number of thiazole rings is 1. The van der Waals surface area contributed by atoms with Gasteiger partial charge in [-0.3, -0.25) is 4.79 Å². The first kappa shape index (κ1) is 17.6. The maximum absolute atomic E-state index is 14.5. The van der Waals surface area contributed by atoms with Gasteiger partial charge >= 0.3 is 6.18 Å². The van der Waals surface area contributed by atoms with Crippen LogP contribution in [0.4, 0.5) is 31.5 Å². The number of anilines is 1. The van der Waals surface area contributed by atoms with E-state index in [1.54, 1.807) is 24.3 Å². The lowest BCUT2D eigenvalue weighted by Crippen LogP contribution is -2.61. The molecule has 1 N–H and O–H groups in total. The smallest absolute Gasteiger partial charge is 0.302 e. The standard InChI is InChI=1S/C16H12F6N2OS/c17-14(16(20,21)22)9-6-7(15(14,18)19)5-8(9)12(25)24-13-23-10-3-1-2-4-11(10)26-13/h1-4,7-9H,5-6H2,(H,23,24,25)/t7-,8+,9+,14+/m0/s1. The van der Waals surface area contributed by atoms with Crippen LogP contribution in [0.1, 0.15) is 12.8 Å². The van der Waals surface area contributed by atoms with Crippen LogP contribution in [-0.4, -0.2) is 28.7 Å². The van der Waals surface area contributed by atoms with Crippen molar-refractivity contribution in [2.45, 2.75) is 30.6 Å². The molecule has 10 heteroatoms. The van der Waals surface area contributed by atoms with E-state index in [9.17, 15) is 31.1 Å². The molecule has 1 heterocycles. The number of benzene rings is 1. The monoisotopic (exact) mass is 394 g/mol. The number of para-hydroxylation sites is 1. The van der Waals surface area contributed by atoms with Crippen LogP contribution < -0.4 is 5.32 Å². The summed E-state index contributed by atoms with van der Waals surface area (Å²) in [4.78, 5) is 16.5. The zero-order chi connectivity index (χ0) is 18.9. The van der Waals surface area contributed by atoms with Gasteiger partial charge in [0.05, 0.1) is 10.2 Å². The van der Waals surface area contributed by atoms with Crippen molar-refractivity contribution in [3.8, 4) is 0 Å². The average Bonchev–Trinajstić information content (AvgIpc) is 3.20. The zero-order valence-corrected chi connectivity index (χ0v) is 13.8. The Bertz CT molecular complexity index is 848. The molecule has 0 spiro atoms. The van der Waals surface area contributed by atoms with Gasteiger partial charge in [0.2, 0.25) is 5.91 Å². The summed E-state index contributed by atoms with van der Waals surface area (Å²) in [5.74, 6) is -10.8. The molecule has 2 aliphatic carbocycles. The van der Waals surface area contributed by atoms with Crippen LogP contribution >= 0.6 is 11.3 Å². The highest BCUT2D eigenvalue weighted by molar-refractivity contribution is 7.22. The van der Waals surface area contributed by atoms with Gasteiger partial charge in [0, 0.05) is 17.8 Å². The van der Waals surface area contributed by atoms with E-state index in [2.05, 4.69) is 10.3 Å². The molecule has 1 aromatic carbocycles. The Kier molecular flexibility index (Phi) is 3.61. The van der Waals surface area contributed by atoms with E-state index < -0.39 is 54.3 Å². The molecule has 0 aliphatic heterocycles. The molecule has 2 fully saturated rings. The summed E-state index contributed by atoms with van der Waals surface area (Å²) in [5, 5.41) is 2.51. The third-order valence-electron chi connectivity index (χ3n) is 5.34. The highest BCUT2D eigenvalue weighted by Crippen LogP contribution is 2.68. The van der Waals surface area contributed by atoms with Gasteiger partial charge in [-0.15, -0.1) is 0 Å². The van der Waals surface area contributed by atoms with Gasteiger partial charge in [-0.05, 0) is 25.0 Å². The number of aromatic nitrogens is 1. The summed E-state index contributed by atoms with van der Waals surface area (Å²) in [6, 6.07) is 6.92. The molecule has 140 valence electrons. The van der Waals surface area contributed by atoms with E-state index in [1.165, 1.54) is 0 Å². The quantitative estimate of drug-likeness (QED) is 0.744. The third kappa shape index (κ3) is 2.20. The van der Waals surface area contributed by atoms with E-state index >= 15 is 0 Å². The lowest BCUT2D eigenvalue weighted by atomic mass is 9.75. The number of rotatable bonds is 2. The Morgan fingerprint density at radius 1 is 1.19 bits per heavy atom. The van der Waals surface area contributed by atoms with Crippen molar-refractivity contribution in [3.63, 3.8) is 0 Å². The number of hydrogen-bond acceptors (Lipinski definition) is 3. The number of halogens is 6. The van der Waals surface area contributed by atoms with Crippen LogP contribution in [0, 0.1) is 17.8 Å². The Morgan fingerprint density at radius 3 is 2.50 bits per heavy atom. The fourth-order valence-corrected chi connectivity index (χ4v) is 5.00. The Labute approximate surface area is 147 Å². The van der Waals surface area contributed by atoms with Crippen LogP contribution in [0.25, 0.3) is 10.2 Å². The van der Waals surface area contributed by atoms with E-state index in [4.69, 9.17) is 0 Å². The summed E-state index contributed by atoms with van der Waals surface area (Å²) < 4.78 is 82.5. The van der Waals surface area contributed by atoms with Crippen LogP contribution in [0.5, 0.6) is 0 Å². The van der Waals surface area contributed by atoms with Crippen molar-refractivity contribution < 1.29 is 31.1 Å². The van der Waals surface area contributed by atoms with Crippen molar-refractivity contribution in [3.05, 3.63) is 24.3 Å². The number of fused-ring (bicyclic) bond motifs is 3. The van der Waals surface area contributed by atoms with Crippen molar-refractivity contribution >= 4 is 32.6 Å². The topological polar surface area (TPSA) is 42.0 Å². The fourth-order valence-electron chi connectivity index (χ4n) is 4.13. The van der Waals surface area contributed by atoms with E-state index in [-0.39, 0.29) is 5.13 Å².